The van der Waals surface area contributed by atoms with Crippen LogP contribution in [0.3, 0.4) is 0 Å². The normalized spacial score (nSPS) is 24.0. The Bertz CT molecular complexity index is 1140. The van der Waals surface area contributed by atoms with Gasteiger partial charge in [0.25, 0.3) is 5.56 Å². The van der Waals surface area contributed by atoms with E-state index in [4.69, 9.17) is 20.9 Å². The lowest BCUT2D eigenvalue weighted by atomic mass is 9.97. The summed E-state index contributed by atoms with van der Waals surface area (Å²) in [4.78, 5) is 26.8. The first-order valence-corrected chi connectivity index (χ1v) is 10.3. The molecular weight excluding hydrogens is 388 g/mol. The highest BCUT2D eigenvalue weighted by Gasteiger charge is 2.48. The number of hydrogen-bond acceptors (Lipinski definition) is 7. The van der Waals surface area contributed by atoms with E-state index >= 15 is 0 Å². The van der Waals surface area contributed by atoms with Gasteiger partial charge in [-0.05, 0) is 38.2 Å². The Balaban J connectivity index is 1.78. The first-order chi connectivity index (χ1) is 14.3. The molecule has 2 fully saturated rings. The highest BCUT2D eigenvalue weighted by Crippen LogP contribution is 2.53. The number of nitrogen functional groups attached to an aromatic ring is 1. The molecule has 160 valence electrons. The monoisotopic (exact) mass is 414 g/mol. The Hall–Kier alpha value is -2.94. The minimum atomic E-state index is -1.28. The number of pyridine rings is 1. The van der Waals surface area contributed by atoms with Gasteiger partial charge in [0.05, 0.1) is 24.4 Å². The van der Waals surface area contributed by atoms with Gasteiger partial charge in [-0.2, -0.15) is 0 Å². The third kappa shape index (κ3) is 2.51. The van der Waals surface area contributed by atoms with Crippen molar-refractivity contribution >= 4 is 28.2 Å². The summed E-state index contributed by atoms with van der Waals surface area (Å²) in [5, 5.41) is 9.98. The van der Waals surface area contributed by atoms with Gasteiger partial charge in [-0.25, -0.2) is 4.79 Å². The molecule has 0 radical (unpaired) electrons. The molecule has 5 rings (SSSR count). The van der Waals surface area contributed by atoms with E-state index in [1.54, 1.807) is 0 Å². The first-order valence-electron chi connectivity index (χ1n) is 10.3. The van der Waals surface area contributed by atoms with Crippen LogP contribution in [-0.2, 0) is 0 Å². The number of carbonyl (C=O) groups is 1. The van der Waals surface area contributed by atoms with Crippen LogP contribution in [0.1, 0.15) is 42.6 Å². The summed E-state index contributed by atoms with van der Waals surface area (Å²) in [5.41, 5.74) is 13.5. The maximum atomic E-state index is 13.0. The van der Waals surface area contributed by atoms with E-state index in [1.165, 1.54) is 17.7 Å². The van der Waals surface area contributed by atoms with Gasteiger partial charge in [-0.1, -0.05) is 0 Å². The SMILES string of the molecule is COc1c(N2CC[C@@H](C3(N)CC3)C2)c2c3c(cc(C(=O)O)c(=O)n3[C@@H](C)CO2)c1N. The summed E-state index contributed by atoms with van der Waals surface area (Å²) < 4.78 is 13.3. The van der Waals surface area contributed by atoms with E-state index in [2.05, 4.69) is 4.90 Å². The fraction of sp³-hybridized carbons (Fsp3) is 0.524. The van der Waals surface area contributed by atoms with Crippen LogP contribution in [0, 0.1) is 5.92 Å². The Morgan fingerprint density at radius 1 is 1.40 bits per heavy atom. The van der Waals surface area contributed by atoms with Crippen molar-refractivity contribution in [1.82, 2.24) is 4.57 Å². The van der Waals surface area contributed by atoms with E-state index < -0.39 is 11.5 Å². The van der Waals surface area contributed by atoms with Crippen LogP contribution in [0.4, 0.5) is 11.4 Å². The number of carboxylic acid groups (broad SMARTS) is 1. The molecule has 0 bridgehead atoms. The van der Waals surface area contributed by atoms with Crippen molar-refractivity contribution in [3.05, 3.63) is 22.0 Å². The second-order valence-corrected chi connectivity index (χ2v) is 8.75. The lowest BCUT2D eigenvalue weighted by Crippen LogP contribution is -2.36. The topological polar surface area (TPSA) is 133 Å². The van der Waals surface area contributed by atoms with Gasteiger partial charge in [0.15, 0.2) is 11.5 Å². The fourth-order valence-electron chi connectivity index (χ4n) is 5.01. The average molecular weight is 414 g/mol. The van der Waals surface area contributed by atoms with E-state index in [9.17, 15) is 14.7 Å². The molecule has 3 aliphatic rings. The van der Waals surface area contributed by atoms with Crippen LogP contribution >= 0.6 is 0 Å². The molecule has 2 aromatic rings. The number of nitrogens with zero attached hydrogens (tertiary/aromatic N) is 2. The number of benzene rings is 1. The van der Waals surface area contributed by atoms with Crippen LogP contribution in [0.25, 0.3) is 10.9 Å². The maximum absolute atomic E-state index is 13.0. The molecule has 9 nitrogen and oxygen atoms in total. The highest BCUT2D eigenvalue weighted by atomic mass is 16.5. The summed E-state index contributed by atoms with van der Waals surface area (Å²) in [6, 6.07) is 1.01. The van der Waals surface area contributed by atoms with Gasteiger partial charge in [-0.15, -0.1) is 0 Å². The number of ether oxygens (including phenoxy) is 2. The van der Waals surface area contributed by atoms with Crippen LogP contribution in [0.2, 0.25) is 0 Å². The molecule has 0 unspecified atom stereocenters. The summed E-state index contributed by atoms with van der Waals surface area (Å²) >= 11 is 0. The predicted octanol–water partition coefficient (Wildman–Crippen LogP) is 1.56. The van der Waals surface area contributed by atoms with Gasteiger partial charge in [0, 0.05) is 24.0 Å². The number of carboxylic acids is 1. The molecule has 0 spiro atoms. The van der Waals surface area contributed by atoms with Crippen molar-refractivity contribution in [2.45, 2.75) is 37.8 Å². The molecule has 1 aliphatic carbocycles. The predicted molar refractivity (Wildman–Crippen MR) is 113 cm³/mol. The lowest BCUT2D eigenvalue weighted by molar-refractivity contribution is 0.0694. The van der Waals surface area contributed by atoms with Gasteiger partial charge < -0.3 is 30.9 Å². The number of aromatic nitrogens is 1. The molecule has 9 heteroatoms. The zero-order valence-corrected chi connectivity index (χ0v) is 17.1. The average Bonchev–Trinajstić information content (AvgIpc) is 3.26. The van der Waals surface area contributed by atoms with Gasteiger partial charge >= 0.3 is 5.97 Å². The van der Waals surface area contributed by atoms with Crippen LogP contribution < -0.4 is 31.4 Å². The Morgan fingerprint density at radius 2 is 2.13 bits per heavy atom. The summed E-state index contributed by atoms with van der Waals surface area (Å²) in [5.74, 6) is 0.0561. The van der Waals surface area contributed by atoms with Crippen molar-refractivity contribution in [3.63, 3.8) is 0 Å². The molecule has 1 saturated carbocycles. The quantitative estimate of drug-likeness (QED) is 0.642. The van der Waals surface area contributed by atoms with Gasteiger partial charge in [0.1, 0.15) is 17.9 Å². The Labute approximate surface area is 173 Å². The molecule has 5 N–H and O–H groups in total. The third-order valence-electron chi connectivity index (χ3n) is 6.90. The van der Waals surface area contributed by atoms with Crippen LogP contribution in [0.5, 0.6) is 11.5 Å². The summed E-state index contributed by atoms with van der Waals surface area (Å²) in [7, 11) is 1.53. The minimum Gasteiger partial charge on any atom is -0.492 e. The van der Waals surface area contributed by atoms with Gasteiger partial charge in [0.2, 0.25) is 0 Å². The molecule has 2 aliphatic heterocycles. The Kier molecular flexibility index (Phi) is 3.99. The van der Waals surface area contributed by atoms with E-state index in [-0.39, 0.29) is 23.8 Å². The number of anilines is 2. The largest absolute Gasteiger partial charge is 0.492 e. The maximum Gasteiger partial charge on any atom is 0.341 e. The molecule has 2 atom stereocenters. The standard InChI is InChI=1S/C21H26N4O5/c1-10-9-30-18-15-12(7-13(20(27)28)19(26)25(10)15)14(22)17(29-2)16(18)24-6-3-11(8-24)21(23)4-5-21/h7,10-11H,3-6,8-9,22-23H2,1-2H3,(H,27,28)/t10-,11+/m0/s1. The lowest BCUT2D eigenvalue weighted by Gasteiger charge is -2.32. The van der Waals surface area contributed by atoms with E-state index in [1.807, 2.05) is 6.92 Å². The smallest absolute Gasteiger partial charge is 0.341 e. The minimum absolute atomic E-state index is 0.0878. The van der Waals surface area contributed by atoms with Crippen LogP contribution in [-0.4, -0.2) is 48.0 Å². The molecule has 1 saturated heterocycles. The van der Waals surface area contributed by atoms with Crippen molar-refractivity contribution in [2.24, 2.45) is 11.7 Å². The summed E-state index contributed by atoms with van der Waals surface area (Å²) in [6.07, 6.45) is 3.06. The molecular formula is C21H26N4O5. The van der Waals surface area contributed by atoms with Gasteiger partial charge in [-0.3, -0.25) is 9.36 Å². The zero-order valence-electron chi connectivity index (χ0n) is 17.1. The second kappa shape index (κ2) is 6.28. The van der Waals surface area contributed by atoms with Crippen molar-refractivity contribution in [2.75, 3.05) is 37.4 Å². The molecule has 0 amide bonds. The van der Waals surface area contributed by atoms with Crippen LogP contribution in [0.15, 0.2) is 10.9 Å². The first kappa shape index (κ1) is 19.0. The highest BCUT2D eigenvalue weighted by molar-refractivity contribution is 6.06. The molecule has 1 aromatic carbocycles. The number of nitrogens with two attached hydrogens (primary N) is 2. The Morgan fingerprint density at radius 3 is 2.77 bits per heavy atom. The molecule has 30 heavy (non-hydrogen) atoms. The molecule has 1 aromatic heterocycles. The third-order valence-corrected chi connectivity index (χ3v) is 6.90. The summed E-state index contributed by atoms with van der Waals surface area (Å²) in [6.45, 7) is 3.63. The van der Waals surface area contributed by atoms with Crippen molar-refractivity contribution < 1.29 is 19.4 Å². The van der Waals surface area contributed by atoms with E-state index in [0.717, 1.165) is 38.0 Å². The number of rotatable bonds is 4. The zero-order chi connectivity index (χ0) is 21.4. The van der Waals surface area contributed by atoms with Crippen molar-refractivity contribution in [1.29, 1.82) is 0 Å². The van der Waals surface area contributed by atoms with Crippen molar-refractivity contribution in [3.8, 4) is 11.5 Å². The number of aromatic carboxylic acids is 1. The fourth-order valence-corrected chi connectivity index (χ4v) is 5.01. The second-order valence-electron chi connectivity index (χ2n) is 8.75. The number of hydrogen-bond donors (Lipinski definition) is 3. The van der Waals surface area contributed by atoms with E-state index in [0.29, 0.717) is 34.0 Å². The number of methoxy groups -OCH3 is 1. The molecule has 3 heterocycles.